The summed E-state index contributed by atoms with van der Waals surface area (Å²) in [6, 6.07) is 18.2. The van der Waals surface area contributed by atoms with E-state index in [1.165, 1.54) is 25.5 Å². The topological polar surface area (TPSA) is 82.6 Å². The number of nitrogens with one attached hydrogen (secondary N) is 3. The first-order valence-corrected chi connectivity index (χ1v) is 11.7. The maximum absolute atomic E-state index is 11.8. The van der Waals surface area contributed by atoms with Crippen molar-refractivity contribution >= 4 is 40.0 Å². The van der Waals surface area contributed by atoms with Crippen LogP contribution in [0.15, 0.2) is 59.6 Å². The number of halogens is 1. The number of aliphatic imine (C=N–C) groups is 1. The molecule has 3 rings (SSSR count). The lowest BCUT2D eigenvalue weighted by Gasteiger charge is -2.19. The molecule has 8 heteroatoms. The van der Waals surface area contributed by atoms with Crippen LogP contribution in [-0.4, -0.2) is 34.5 Å². The first-order valence-electron chi connectivity index (χ1n) is 10.0. The van der Waals surface area contributed by atoms with Gasteiger partial charge >= 0.3 is 0 Å². The number of benzene rings is 2. The lowest BCUT2D eigenvalue weighted by atomic mass is 9.96. The van der Waals surface area contributed by atoms with Gasteiger partial charge in [-0.2, -0.15) is 0 Å². The molecule has 0 unspecified atom stereocenters. The third-order valence-electron chi connectivity index (χ3n) is 5.26. The van der Waals surface area contributed by atoms with Crippen LogP contribution in [0.25, 0.3) is 0 Å². The summed E-state index contributed by atoms with van der Waals surface area (Å²) in [5.74, 6) is 0.752. The van der Waals surface area contributed by atoms with Crippen LogP contribution in [0.5, 0.6) is 0 Å². The van der Waals surface area contributed by atoms with Crippen molar-refractivity contribution in [2.45, 2.75) is 37.5 Å². The third kappa shape index (κ3) is 6.95. The van der Waals surface area contributed by atoms with E-state index >= 15 is 0 Å². The van der Waals surface area contributed by atoms with Crippen molar-refractivity contribution in [3.63, 3.8) is 0 Å². The minimum absolute atomic E-state index is 0. The fraction of sp³-hybridized carbons (Fsp3) is 0.409. The highest BCUT2D eigenvalue weighted by atomic mass is 127. The van der Waals surface area contributed by atoms with Gasteiger partial charge < -0.3 is 10.6 Å². The Bertz CT molecular complexity index is 945. The minimum atomic E-state index is -3.28. The molecule has 1 aliphatic carbocycles. The SMILES string of the molecule is CCNC(=NCc1cccc(CS(=O)(=O)NC)c1)NCC1(c2ccccc2)CC1.I. The fourth-order valence-electron chi connectivity index (χ4n) is 3.38. The number of nitrogens with zero attached hydrogens (tertiary/aromatic N) is 1. The first kappa shape index (κ1) is 24.6. The summed E-state index contributed by atoms with van der Waals surface area (Å²) in [6.07, 6.45) is 2.37. The van der Waals surface area contributed by atoms with Crippen LogP contribution in [0.4, 0.5) is 0 Å². The summed E-state index contributed by atoms with van der Waals surface area (Å²) < 4.78 is 25.9. The Morgan fingerprint density at radius 2 is 1.73 bits per heavy atom. The van der Waals surface area contributed by atoms with E-state index < -0.39 is 10.0 Å². The monoisotopic (exact) mass is 542 g/mol. The molecule has 0 bridgehead atoms. The van der Waals surface area contributed by atoms with Crippen molar-refractivity contribution < 1.29 is 8.42 Å². The molecule has 30 heavy (non-hydrogen) atoms. The summed E-state index contributed by atoms with van der Waals surface area (Å²) in [7, 11) is -1.85. The molecule has 0 heterocycles. The standard InChI is InChI=1S/C22H30N4O2S.HI/c1-3-24-21(26-17-22(12-13-22)20-10-5-4-6-11-20)25-15-18-8-7-9-19(14-18)16-29(27,28)23-2;/h4-11,14,23H,3,12-13,15-17H2,1-2H3,(H2,24,25,26);1H. The van der Waals surface area contributed by atoms with Crippen LogP contribution < -0.4 is 15.4 Å². The lowest BCUT2D eigenvalue weighted by Crippen LogP contribution is -2.41. The second-order valence-electron chi connectivity index (χ2n) is 7.48. The van der Waals surface area contributed by atoms with Crippen LogP contribution in [0.3, 0.4) is 0 Å². The van der Waals surface area contributed by atoms with Gasteiger partial charge in [-0.3, -0.25) is 0 Å². The molecule has 2 aromatic carbocycles. The van der Waals surface area contributed by atoms with Gasteiger partial charge in [-0.15, -0.1) is 24.0 Å². The fourth-order valence-corrected chi connectivity index (χ4v) is 4.15. The smallest absolute Gasteiger partial charge is 0.215 e. The highest BCUT2D eigenvalue weighted by molar-refractivity contribution is 14.0. The summed E-state index contributed by atoms with van der Waals surface area (Å²) in [6.45, 7) is 4.17. The molecule has 0 amide bonds. The summed E-state index contributed by atoms with van der Waals surface area (Å²) in [5.41, 5.74) is 3.32. The quantitative estimate of drug-likeness (QED) is 0.259. The Labute approximate surface area is 197 Å². The van der Waals surface area contributed by atoms with Crippen LogP contribution in [-0.2, 0) is 27.7 Å². The van der Waals surface area contributed by atoms with Gasteiger partial charge in [0.1, 0.15) is 0 Å². The predicted octanol–water partition coefficient (Wildman–Crippen LogP) is 3.14. The average molecular weight is 542 g/mol. The average Bonchev–Trinajstić information content (AvgIpc) is 3.52. The number of hydrogen-bond donors (Lipinski definition) is 3. The molecule has 3 N–H and O–H groups in total. The van der Waals surface area contributed by atoms with Gasteiger partial charge in [0.05, 0.1) is 12.3 Å². The zero-order valence-electron chi connectivity index (χ0n) is 17.5. The summed E-state index contributed by atoms with van der Waals surface area (Å²) >= 11 is 0. The van der Waals surface area contributed by atoms with Crippen LogP contribution >= 0.6 is 24.0 Å². The molecule has 0 aliphatic heterocycles. The summed E-state index contributed by atoms with van der Waals surface area (Å²) in [4.78, 5) is 4.70. The van der Waals surface area contributed by atoms with Crippen molar-refractivity contribution in [3.8, 4) is 0 Å². The predicted molar refractivity (Wildman–Crippen MR) is 134 cm³/mol. The zero-order chi connectivity index (χ0) is 20.7. The van der Waals surface area contributed by atoms with Gasteiger partial charge in [0, 0.05) is 18.5 Å². The molecule has 6 nitrogen and oxygen atoms in total. The molecule has 1 fully saturated rings. The third-order valence-corrected chi connectivity index (χ3v) is 6.59. The van der Waals surface area contributed by atoms with Crippen molar-refractivity contribution in [3.05, 3.63) is 71.3 Å². The van der Waals surface area contributed by atoms with Gasteiger partial charge in [-0.05, 0) is 43.5 Å². The second kappa shape index (κ2) is 11.1. The largest absolute Gasteiger partial charge is 0.357 e. The minimum Gasteiger partial charge on any atom is -0.357 e. The molecular weight excluding hydrogens is 511 g/mol. The molecule has 2 aromatic rings. The lowest BCUT2D eigenvalue weighted by molar-refractivity contribution is 0.587. The Morgan fingerprint density at radius 1 is 1.03 bits per heavy atom. The number of guanidine groups is 1. The second-order valence-corrected chi connectivity index (χ2v) is 9.40. The Morgan fingerprint density at radius 3 is 2.37 bits per heavy atom. The van der Waals surface area contributed by atoms with E-state index in [1.807, 2.05) is 31.2 Å². The molecule has 164 valence electrons. The van der Waals surface area contributed by atoms with E-state index in [2.05, 4.69) is 45.7 Å². The van der Waals surface area contributed by atoms with Crippen molar-refractivity contribution in [1.82, 2.24) is 15.4 Å². The van der Waals surface area contributed by atoms with Crippen molar-refractivity contribution in [2.24, 2.45) is 4.99 Å². The zero-order valence-corrected chi connectivity index (χ0v) is 20.7. The van der Waals surface area contributed by atoms with Crippen molar-refractivity contribution in [2.75, 3.05) is 20.1 Å². The van der Waals surface area contributed by atoms with Crippen LogP contribution in [0.2, 0.25) is 0 Å². The number of rotatable bonds is 9. The van der Waals surface area contributed by atoms with Gasteiger partial charge in [0.2, 0.25) is 10.0 Å². The van der Waals surface area contributed by atoms with E-state index in [0.717, 1.165) is 30.2 Å². The van der Waals surface area contributed by atoms with Gasteiger partial charge in [0.15, 0.2) is 5.96 Å². The van der Waals surface area contributed by atoms with Gasteiger partial charge in [-0.25, -0.2) is 18.1 Å². The van der Waals surface area contributed by atoms with Crippen LogP contribution in [0, 0.1) is 0 Å². The molecule has 0 radical (unpaired) electrons. The number of sulfonamides is 1. The van der Waals surface area contributed by atoms with E-state index in [4.69, 9.17) is 4.99 Å². The molecule has 0 aromatic heterocycles. The summed E-state index contributed by atoms with van der Waals surface area (Å²) in [5, 5.41) is 6.79. The van der Waals surface area contributed by atoms with Gasteiger partial charge in [0.25, 0.3) is 0 Å². The van der Waals surface area contributed by atoms with E-state index in [1.54, 1.807) is 0 Å². The molecule has 0 spiro atoms. The van der Waals surface area contributed by atoms with Crippen LogP contribution in [0.1, 0.15) is 36.5 Å². The molecule has 0 saturated heterocycles. The van der Waals surface area contributed by atoms with E-state index in [-0.39, 0.29) is 35.1 Å². The maximum Gasteiger partial charge on any atom is 0.215 e. The molecular formula is C22H31IN4O2S. The normalized spacial score (nSPS) is 15.2. The number of hydrogen-bond acceptors (Lipinski definition) is 3. The Hall–Kier alpha value is -1.65. The first-order chi connectivity index (χ1) is 14.0. The highest BCUT2D eigenvalue weighted by Gasteiger charge is 2.43. The van der Waals surface area contributed by atoms with E-state index in [9.17, 15) is 8.42 Å². The Balaban J connectivity index is 0.00000320. The molecule has 0 atom stereocenters. The Kier molecular flexibility index (Phi) is 9.11. The van der Waals surface area contributed by atoms with Crippen molar-refractivity contribution in [1.29, 1.82) is 0 Å². The molecule has 1 aliphatic rings. The highest BCUT2D eigenvalue weighted by Crippen LogP contribution is 2.47. The van der Waals surface area contributed by atoms with Gasteiger partial charge in [-0.1, -0.05) is 54.6 Å². The van der Waals surface area contributed by atoms with E-state index in [0.29, 0.717) is 6.54 Å². The maximum atomic E-state index is 11.8. The molecule has 1 saturated carbocycles.